The number of likely N-dealkylation sites (tertiary alicyclic amines) is 1. The van der Waals surface area contributed by atoms with E-state index >= 15 is 0 Å². The Labute approximate surface area is 107 Å². The zero-order valence-electron chi connectivity index (χ0n) is 10.7. The molecule has 1 aromatic carbocycles. The molecule has 18 heavy (non-hydrogen) atoms. The third-order valence-corrected chi connectivity index (χ3v) is 3.38. The van der Waals surface area contributed by atoms with Crippen molar-refractivity contribution in [1.29, 1.82) is 0 Å². The summed E-state index contributed by atoms with van der Waals surface area (Å²) in [6, 6.07) is 6.02. The molecule has 2 amide bonds. The highest BCUT2D eigenvalue weighted by Crippen LogP contribution is 2.17. The van der Waals surface area contributed by atoms with Crippen LogP contribution in [0.15, 0.2) is 24.3 Å². The van der Waals surface area contributed by atoms with Crippen molar-refractivity contribution in [3.63, 3.8) is 0 Å². The standard InChI is InChI=1S/C14H19FN2O/c1-16(13-8-6-12(15)7-9-13)14(18)17-10-4-2-3-5-11-17/h6-9H,2-5,10-11H2,1H3. The van der Waals surface area contributed by atoms with Gasteiger partial charge in [-0.05, 0) is 37.1 Å². The van der Waals surface area contributed by atoms with Gasteiger partial charge in [-0.3, -0.25) is 4.90 Å². The molecular weight excluding hydrogens is 231 g/mol. The van der Waals surface area contributed by atoms with E-state index in [9.17, 15) is 9.18 Å². The molecule has 1 saturated heterocycles. The van der Waals surface area contributed by atoms with Crippen LogP contribution in [0, 0.1) is 5.82 Å². The fraction of sp³-hybridized carbons (Fsp3) is 0.500. The smallest absolute Gasteiger partial charge is 0.324 e. The van der Waals surface area contributed by atoms with Crippen LogP contribution in [0.25, 0.3) is 0 Å². The van der Waals surface area contributed by atoms with E-state index in [0.717, 1.165) is 31.6 Å². The fourth-order valence-electron chi connectivity index (χ4n) is 2.25. The summed E-state index contributed by atoms with van der Waals surface area (Å²) >= 11 is 0. The van der Waals surface area contributed by atoms with Crippen LogP contribution < -0.4 is 4.90 Å². The Balaban J connectivity index is 2.05. The second-order valence-electron chi connectivity index (χ2n) is 4.72. The highest BCUT2D eigenvalue weighted by molar-refractivity contribution is 5.91. The maximum absolute atomic E-state index is 12.8. The highest BCUT2D eigenvalue weighted by Gasteiger charge is 2.19. The number of anilines is 1. The van der Waals surface area contributed by atoms with Crippen molar-refractivity contribution < 1.29 is 9.18 Å². The molecule has 3 nitrogen and oxygen atoms in total. The van der Waals surface area contributed by atoms with Crippen LogP contribution in [0.3, 0.4) is 0 Å². The molecular formula is C14H19FN2O. The first-order chi connectivity index (χ1) is 8.68. The number of carbonyl (C=O) groups excluding carboxylic acids is 1. The van der Waals surface area contributed by atoms with E-state index in [4.69, 9.17) is 0 Å². The molecule has 98 valence electrons. The Kier molecular flexibility index (Phi) is 4.18. The van der Waals surface area contributed by atoms with Crippen LogP contribution in [0.1, 0.15) is 25.7 Å². The number of rotatable bonds is 1. The molecule has 4 heteroatoms. The maximum atomic E-state index is 12.8. The second kappa shape index (κ2) is 5.85. The minimum atomic E-state index is -0.283. The number of hydrogen-bond donors (Lipinski definition) is 0. The van der Waals surface area contributed by atoms with E-state index < -0.39 is 0 Å². The van der Waals surface area contributed by atoms with Gasteiger partial charge in [-0.15, -0.1) is 0 Å². The van der Waals surface area contributed by atoms with Gasteiger partial charge in [0, 0.05) is 25.8 Å². The van der Waals surface area contributed by atoms with Crippen LogP contribution in [-0.2, 0) is 0 Å². The minimum Gasteiger partial charge on any atom is -0.324 e. The topological polar surface area (TPSA) is 23.6 Å². The molecule has 0 aromatic heterocycles. The predicted molar refractivity (Wildman–Crippen MR) is 70.2 cm³/mol. The summed E-state index contributed by atoms with van der Waals surface area (Å²) in [5.74, 6) is -0.283. The largest absolute Gasteiger partial charge is 0.324 e. The van der Waals surface area contributed by atoms with Gasteiger partial charge in [-0.2, -0.15) is 0 Å². The average molecular weight is 250 g/mol. The molecule has 0 N–H and O–H groups in total. The van der Waals surface area contributed by atoms with Crippen molar-refractivity contribution in [2.24, 2.45) is 0 Å². The molecule has 1 aliphatic rings. The molecule has 1 heterocycles. The van der Waals surface area contributed by atoms with Crippen molar-refractivity contribution in [3.8, 4) is 0 Å². The lowest BCUT2D eigenvalue weighted by molar-refractivity contribution is 0.208. The number of benzene rings is 1. The van der Waals surface area contributed by atoms with Crippen molar-refractivity contribution in [1.82, 2.24) is 4.90 Å². The van der Waals surface area contributed by atoms with Crippen LogP contribution in [0.4, 0.5) is 14.9 Å². The van der Waals surface area contributed by atoms with E-state index in [1.54, 1.807) is 24.1 Å². The first-order valence-corrected chi connectivity index (χ1v) is 6.46. The van der Waals surface area contributed by atoms with Crippen LogP contribution >= 0.6 is 0 Å². The Morgan fingerprint density at radius 1 is 1.11 bits per heavy atom. The molecule has 1 aromatic rings. The van der Waals surface area contributed by atoms with Gasteiger partial charge >= 0.3 is 6.03 Å². The summed E-state index contributed by atoms with van der Waals surface area (Å²) in [6.45, 7) is 1.65. The SMILES string of the molecule is CN(C(=O)N1CCCCCC1)c1ccc(F)cc1. The van der Waals surface area contributed by atoms with Gasteiger partial charge in [0.1, 0.15) is 5.82 Å². The average Bonchev–Trinajstić information content (AvgIpc) is 2.67. The van der Waals surface area contributed by atoms with Gasteiger partial charge in [0.15, 0.2) is 0 Å². The lowest BCUT2D eigenvalue weighted by Crippen LogP contribution is -2.41. The van der Waals surface area contributed by atoms with Gasteiger partial charge in [0.25, 0.3) is 0 Å². The van der Waals surface area contributed by atoms with Crippen LogP contribution in [0.2, 0.25) is 0 Å². The lowest BCUT2D eigenvalue weighted by atomic mass is 10.2. The molecule has 0 aliphatic carbocycles. The van der Waals surface area contributed by atoms with Gasteiger partial charge in [-0.1, -0.05) is 12.8 Å². The van der Waals surface area contributed by atoms with E-state index in [0.29, 0.717) is 0 Å². The summed E-state index contributed by atoms with van der Waals surface area (Å²) in [7, 11) is 1.74. The fourth-order valence-corrected chi connectivity index (χ4v) is 2.25. The lowest BCUT2D eigenvalue weighted by Gasteiger charge is -2.27. The number of amides is 2. The summed E-state index contributed by atoms with van der Waals surface area (Å²) < 4.78 is 12.8. The first kappa shape index (κ1) is 12.9. The van der Waals surface area contributed by atoms with Crippen LogP contribution in [-0.4, -0.2) is 31.1 Å². The summed E-state index contributed by atoms with van der Waals surface area (Å²) in [6.07, 6.45) is 4.54. The second-order valence-corrected chi connectivity index (χ2v) is 4.72. The molecule has 0 atom stereocenters. The third kappa shape index (κ3) is 3.00. The van der Waals surface area contributed by atoms with E-state index in [-0.39, 0.29) is 11.8 Å². The van der Waals surface area contributed by atoms with E-state index in [2.05, 4.69) is 0 Å². The normalized spacial score (nSPS) is 16.2. The quantitative estimate of drug-likeness (QED) is 0.750. The summed E-state index contributed by atoms with van der Waals surface area (Å²) in [4.78, 5) is 15.8. The Morgan fingerprint density at radius 2 is 1.67 bits per heavy atom. The van der Waals surface area contributed by atoms with E-state index in [1.165, 1.54) is 25.0 Å². The van der Waals surface area contributed by atoms with Gasteiger partial charge in [-0.25, -0.2) is 9.18 Å². The van der Waals surface area contributed by atoms with Gasteiger partial charge in [0.05, 0.1) is 0 Å². The minimum absolute atomic E-state index is 0.00325. The zero-order chi connectivity index (χ0) is 13.0. The van der Waals surface area contributed by atoms with Gasteiger partial charge in [0.2, 0.25) is 0 Å². The number of halogens is 1. The molecule has 0 radical (unpaired) electrons. The molecule has 2 rings (SSSR count). The summed E-state index contributed by atoms with van der Waals surface area (Å²) in [5, 5.41) is 0. The van der Waals surface area contributed by atoms with E-state index in [1.807, 2.05) is 4.90 Å². The molecule has 0 saturated carbocycles. The number of urea groups is 1. The van der Waals surface area contributed by atoms with Crippen LogP contribution in [0.5, 0.6) is 0 Å². The third-order valence-electron chi connectivity index (χ3n) is 3.38. The number of carbonyl (C=O) groups is 1. The van der Waals surface area contributed by atoms with Crippen molar-refractivity contribution in [3.05, 3.63) is 30.1 Å². The van der Waals surface area contributed by atoms with Gasteiger partial charge < -0.3 is 4.90 Å². The Hall–Kier alpha value is -1.58. The molecule has 0 spiro atoms. The molecule has 0 bridgehead atoms. The van der Waals surface area contributed by atoms with Crippen molar-refractivity contribution in [2.75, 3.05) is 25.0 Å². The molecule has 1 aliphatic heterocycles. The Bertz CT molecular complexity index is 397. The van der Waals surface area contributed by atoms with Crippen molar-refractivity contribution >= 4 is 11.7 Å². The summed E-state index contributed by atoms with van der Waals surface area (Å²) in [5.41, 5.74) is 0.727. The zero-order valence-corrected chi connectivity index (χ0v) is 10.7. The number of nitrogens with zero attached hydrogens (tertiary/aromatic N) is 2. The van der Waals surface area contributed by atoms with Crippen molar-refractivity contribution in [2.45, 2.75) is 25.7 Å². The highest BCUT2D eigenvalue weighted by atomic mass is 19.1. The number of hydrogen-bond acceptors (Lipinski definition) is 1. The molecule has 0 unspecified atom stereocenters. The predicted octanol–water partition coefficient (Wildman–Crippen LogP) is 3.26. The maximum Gasteiger partial charge on any atom is 0.324 e. The Morgan fingerprint density at radius 3 is 2.22 bits per heavy atom. The monoisotopic (exact) mass is 250 g/mol. The molecule has 1 fully saturated rings. The first-order valence-electron chi connectivity index (χ1n) is 6.46.